The van der Waals surface area contributed by atoms with Crippen LogP contribution in [0.15, 0.2) is 28.7 Å². The molecule has 0 radical (unpaired) electrons. The zero-order valence-electron chi connectivity index (χ0n) is 10.7. The van der Waals surface area contributed by atoms with Crippen LogP contribution in [-0.4, -0.2) is 39.2 Å². The molecular formula is C13H13BrN4O2. The molecule has 104 valence electrons. The van der Waals surface area contributed by atoms with Crippen LogP contribution in [0.3, 0.4) is 0 Å². The number of nitrogens with zero attached hydrogens (tertiary/aromatic N) is 4. The minimum absolute atomic E-state index is 0.00909. The van der Waals surface area contributed by atoms with E-state index in [1.165, 1.54) is 4.80 Å². The Labute approximate surface area is 124 Å². The number of halogens is 1. The number of anilines is 1. The molecule has 0 unspecified atom stereocenters. The maximum absolute atomic E-state index is 11.3. The second kappa shape index (κ2) is 5.24. The van der Waals surface area contributed by atoms with Gasteiger partial charge in [0.15, 0.2) is 5.82 Å². The first-order valence-corrected chi connectivity index (χ1v) is 7.16. The van der Waals surface area contributed by atoms with Gasteiger partial charge in [0.25, 0.3) is 0 Å². The van der Waals surface area contributed by atoms with Gasteiger partial charge in [-0.15, -0.1) is 15.0 Å². The van der Waals surface area contributed by atoms with Crippen LogP contribution >= 0.6 is 15.9 Å². The highest BCUT2D eigenvalue weighted by molar-refractivity contribution is 9.10. The van der Waals surface area contributed by atoms with Crippen molar-refractivity contribution in [2.45, 2.75) is 12.8 Å². The van der Waals surface area contributed by atoms with Crippen LogP contribution in [0.5, 0.6) is 0 Å². The molecule has 1 aliphatic rings. The Morgan fingerprint density at radius 1 is 1.15 bits per heavy atom. The minimum Gasteiger partial charge on any atom is -0.476 e. The monoisotopic (exact) mass is 336 g/mol. The fraction of sp³-hybridized carbons (Fsp3) is 0.308. The predicted molar refractivity (Wildman–Crippen MR) is 77.5 cm³/mol. The van der Waals surface area contributed by atoms with E-state index < -0.39 is 5.97 Å². The van der Waals surface area contributed by atoms with Crippen molar-refractivity contribution in [3.63, 3.8) is 0 Å². The lowest BCUT2D eigenvalue weighted by molar-refractivity contribution is 0.0690. The average molecular weight is 337 g/mol. The molecule has 0 saturated carbocycles. The first-order chi connectivity index (χ1) is 9.65. The van der Waals surface area contributed by atoms with E-state index in [1.54, 1.807) is 0 Å². The third kappa shape index (κ3) is 2.40. The molecule has 0 atom stereocenters. The summed E-state index contributed by atoms with van der Waals surface area (Å²) < 4.78 is 0.951. The predicted octanol–water partition coefficient (Wildman–Crippen LogP) is 2.33. The van der Waals surface area contributed by atoms with Gasteiger partial charge in [-0.25, -0.2) is 4.79 Å². The first kappa shape index (κ1) is 13.1. The minimum atomic E-state index is -1.05. The smallest absolute Gasteiger partial charge is 0.360 e. The Morgan fingerprint density at radius 2 is 1.80 bits per heavy atom. The molecule has 0 amide bonds. The standard InChI is InChI=1S/C13H13BrN4O2/c14-9-3-5-10(6-4-9)18-15-11(13(19)20)12(16-18)17-7-1-2-8-17/h3-6H,1-2,7-8H2,(H,19,20). The maximum atomic E-state index is 11.3. The van der Waals surface area contributed by atoms with Gasteiger partial charge in [0.1, 0.15) is 0 Å². The Morgan fingerprint density at radius 3 is 2.40 bits per heavy atom. The zero-order valence-corrected chi connectivity index (χ0v) is 12.2. The van der Waals surface area contributed by atoms with Crippen molar-refractivity contribution in [2.24, 2.45) is 0 Å². The number of carboxylic acids is 1. The van der Waals surface area contributed by atoms with Crippen molar-refractivity contribution in [2.75, 3.05) is 18.0 Å². The summed E-state index contributed by atoms with van der Waals surface area (Å²) >= 11 is 3.36. The van der Waals surface area contributed by atoms with Gasteiger partial charge in [0.2, 0.25) is 5.69 Å². The fourth-order valence-electron chi connectivity index (χ4n) is 2.27. The molecule has 1 saturated heterocycles. The number of hydrogen-bond acceptors (Lipinski definition) is 4. The quantitative estimate of drug-likeness (QED) is 0.931. The Hall–Kier alpha value is -1.89. The summed E-state index contributed by atoms with van der Waals surface area (Å²) in [5, 5.41) is 17.7. The van der Waals surface area contributed by atoms with Crippen molar-refractivity contribution in [3.05, 3.63) is 34.4 Å². The molecule has 3 rings (SSSR count). The highest BCUT2D eigenvalue weighted by Gasteiger charge is 2.25. The molecule has 2 heterocycles. The summed E-state index contributed by atoms with van der Waals surface area (Å²) in [6, 6.07) is 7.41. The van der Waals surface area contributed by atoms with Gasteiger partial charge in [0.05, 0.1) is 5.69 Å². The number of carbonyl (C=O) groups is 1. The molecule has 1 N–H and O–H groups in total. The lowest BCUT2D eigenvalue weighted by Gasteiger charge is -2.13. The van der Waals surface area contributed by atoms with Gasteiger partial charge in [-0.1, -0.05) is 15.9 Å². The van der Waals surface area contributed by atoms with E-state index in [1.807, 2.05) is 29.2 Å². The third-order valence-electron chi connectivity index (χ3n) is 3.26. The van der Waals surface area contributed by atoms with E-state index in [2.05, 4.69) is 26.1 Å². The first-order valence-electron chi connectivity index (χ1n) is 6.36. The lowest BCUT2D eigenvalue weighted by Crippen LogP contribution is -2.20. The molecule has 0 spiro atoms. The third-order valence-corrected chi connectivity index (χ3v) is 3.79. The van der Waals surface area contributed by atoms with Crippen LogP contribution in [0, 0.1) is 0 Å². The molecule has 1 fully saturated rings. The van der Waals surface area contributed by atoms with Gasteiger partial charge in [-0.3, -0.25) is 0 Å². The number of rotatable bonds is 3. The van der Waals surface area contributed by atoms with Crippen molar-refractivity contribution >= 4 is 27.7 Å². The van der Waals surface area contributed by atoms with Gasteiger partial charge in [0, 0.05) is 17.6 Å². The van der Waals surface area contributed by atoms with Crippen molar-refractivity contribution in [1.82, 2.24) is 15.0 Å². The number of benzene rings is 1. The molecule has 1 aromatic heterocycles. The van der Waals surface area contributed by atoms with E-state index in [9.17, 15) is 9.90 Å². The molecule has 1 aromatic carbocycles. The summed E-state index contributed by atoms with van der Waals surface area (Å²) in [7, 11) is 0. The van der Waals surface area contributed by atoms with Crippen LogP contribution in [0.2, 0.25) is 0 Å². The van der Waals surface area contributed by atoms with Gasteiger partial charge >= 0.3 is 5.97 Å². The maximum Gasteiger partial charge on any atom is 0.360 e. The normalized spacial score (nSPS) is 14.8. The average Bonchev–Trinajstić information content (AvgIpc) is 3.08. The van der Waals surface area contributed by atoms with Crippen LogP contribution < -0.4 is 4.90 Å². The molecule has 1 aliphatic heterocycles. The van der Waals surface area contributed by atoms with Crippen LogP contribution in [0.4, 0.5) is 5.82 Å². The van der Waals surface area contributed by atoms with E-state index in [-0.39, 0.29) is 5.69 Å². The van der Waals surface area contributed by atoms with Crippen molar-refractivity contribution < 1.29 is 9.90 Å². The SMILES string of the molecule is O=C(O)c1nn(-c2ccc(Br)cc2)nc1N1CCCC1. The number of hydrogen-bond donors (Lipinski definition) is 1. The molecular weight excluding hydrogens is 324 g/mol. The van der Waals surface area contributed by atoms with Crippen LogP contribution in [0.1, 0.15) is 23.3 Å². The van der Waals surface area contributed by atoms with Gasteiger partial charge in [-0.2, -0.15) is 0 Å². The van der Waals surface area contributed by atoms with E-state index in [0.717, 1.165) is 36.1 Å². The summed E-state index contributed by atoms with van der Waals surface area (Å²) in [6.45, 7) is 1.67. The van der Waals surface area contributed by atoms with E-state index >= 15 is 0 Å². The fourth-order valence-corrected chi connectivity index (χ4v) is 2.53. The van der Waals surface area contributed by atoms with E-state index in [4.69, 9.17) is 0 Å². The summed E-state index contributed by atoms with van der Waals surface area (Å²) in [5.74, 6) is -0.590. The van der Waals surface area contributed by atoms with E-state index in [0.29, 0.717) is 5.82 Å². The van der Waals surface area contributed by atoms with Crippen LogP contribution in [0.25, 0.3) is 5.69 Å². The molecule has 0 aliphatic carbocycles. The molecule has 7 heteroatoms. The van der Waals surface area contributed by atoms with Crippen molar-refractivity contribution in [1.29, 1.82) is 0 Å². The molecule has 20 heavy (non-hydrogen) atoms. The number of carboxylic acid groups (broad SMARTS) is 1. The molecule has 6 nitrogen and oxygen atoms in total. The Kier molecular flexibility index (Phi) is 3.43. The lowest BCUT2D eigenvalue weighted by atomic mass is 10.3. The highest BCUT2D eigenvalue weighted by Crippen LogP contribution is 2.22. The molecule has 0 bridgehead atoms. The largest absolute Gasteiger partial charge is 0.476 e. The Balaban J connectivity index is 2.02. The second-order valence-corrected chi connectivity index (χ2v) is 5.55. The highest BCUT2D eigenvalue weighted by atomic mass is 79.9. The summed E-state index contributed by atoms with van der Waals surface area (Å²) in [6.07, 6.45) is 2.12. The number of aromatic carboxylic acids is 1. The Bertz CT molecular complexity index is 632. The van der Waals surface area contributed by atoms with Crippen LogP contribution in [-0.2, 0) is 0 Å². The van der Waals surface area contributed by atoms with Gasteiger partial charge in [-0.05, 0) is 37.1 Å². The summed E-state index contributed by atoms with van der Waals surface area (Å²) in [4.78, 5) is 14.7. The second-order valence-electron chi connectivity index (χ2n) is 4.64. The number of aromatic nitrogens is 3. The van der Waals surface area contributed by atoms with Gasteiger partial charge < -0.3 is 10.0 Å². The summed E-state index contributed by atoms with van der Waals surface area (Å²) in [5.41, 5.74) is 0.746. The van der Waals surface area contributed by atoms with Crippen molar-refractivity contribution in [3.8, 4) is 5.69 Å². The topological polar surface area (TPSA) is 71.2 Å². The zero-order chi connectivity index (χ0) is 14.1. The molecule has 2 aromatic rings.